The second-order valence-electron chi connectivity index (χ2n) is 3.44. The largest absolute Gasteiger partial charge is 0.396 e. The molecule has 1 aromatic rings. The van der Waals surface area contributed by atoms with Gasteiger partial charge in [0.25, 0.3) is 5.91 Å². The number of aliphatic hydroxyl groups is 1. The van der Waals surface area contributed by atoms with E-state index in [4.69, 9.17) is 5.11 Å². The maximum Gasteiger partial charge on any atom is 0.276 e. The minimum atomic E-state index is -0.116. The van der Waals surface area contributed by atoms with E-state index in [0.717, 1.165) is 6.42 Å². The lowest BCUT2D eigenvalue weighted by atomic mass is 10.1. The summed E-state index contributed by atoms with van der Waals surface area (Å²) in [5, 5.41) is 18.6. The monoisotopic (exact) mass is 196 g/mol. The number of nitrogens with one attached hydrogen (secondary N) is 1. The summed E-state index contributed by atoms with van der Waals surface area (Å²) < 4.78 is 0. The van der Waals surface area contributed by atoms with E-state index < -0.39 is 0 Å². The summed E-state index contributed by atoms with van der Waals surface area (Å²) in [5.74, 6) is 0.0977. The van der Waals surface area contributed by atoms with E-state index in [9.17, 15) is 4.79 Å². The zero-order chi connectivity index (χ0) is 9.97. The van der Waals surface area contributed by atoms with Gasteiger partial charge in [-0.15, -0.1) is 0 Å². The Morgan fingerprint density at radius 1 is 1.79 bits per heavy atom. The molecule has 0 saturated carbocycles. The fourth-order valence-electron chi connectivity index (χ4n) is 1.63. The standard InChI is InChI=1S/C8H12N4O2/c13-5-6-1-2-12(4-6)8(14)7-3-9-11-10-7/h3,6,13H,1-2,4-5H2,(H,9,10,11). The molecule has 1 amide bonds. The van der Waals surface area contributed by atoms with Crippen molar-refractivity contribution in [2.75, 3.05) is 19.7 Å². The predicted octanol–water partition coefficient (Wildman–Crippen LogP) is -0.741. The molecule has 1 unspecified atom stereocenters. The van der Waals surface area contributed by atoms with E-state index in [1.165, 1.54) is 6.20 Å². The molecule has 76 valence electrons. The normalized spacial score (nSPS) is 21.5. The van der Waals surface area contributed by atoms with Gasteiger partial charge in [0.1, 0.15) is 0 Å². The molecule has 0 spiro atoms. The molecule has 0 aromatic carbocycles. The van der Waals surface area contributed by atoms with E-state index in [-0.39, 0.29) is 18.4 Å². The van der Waals surface area contributed by atoms with Crippen LogP contribution in [0.3, 0.4) is 0 Å². The van der Waals surface area contributed by atoms with Crippen LogP contribution in [0.4, 0.5) is 0 Å². The van der Waals surface area contributed by atoms with Gasteiger partial charge in [-0.2, -0.15) is 15.4 Å². The number of likely N-dealkylation sites (tertiary alicyclic amines) is 1. The molecule has 1 aromatic heterocycles. The summed E-state index contributed by atoms with van der Waals surface area (Å²) in [5.41, 5.74) is 0.337. The van der Waals surface area contributed by atoms with Crippen LogP contribution < -0.4 is 0 Å². The van der Waals surface area contributed by atoms with Crippen molar-refractivity contribution in [1.29, 1.82) is 0 Å². The van der Waals surface area contributed by atoms with E-state index in [2.05, 4.69) is 15.4 Å². The van der Waals surface area contributed by atoms with Crippen molar-refractivity contribution in [1.82, 2.24) is 20.3 Å². The van der Waals surface area contributed by atoms with E-state index in [1.807, 2.05) is 0 Å². The first-order chi connectivity index (χ1) is 6.81. The Hall–Kier alpha value is -1.43. The molecule has 2 heterocycles. The van der Waals surface area contributed by atoms with Crippen LogP contribution in [-0.2, 0) is 0 Å². The lowest BCUT2D eigenvalue weighted by Crippen LogP contribution is -2.29. The molecule has 1 saturated heterocycles. The molecular weight excluding hydrogens is 184 g/mol. The van der Waals surface area contributed by atoms with Crippen LogP contribution in [-0.4, -0.2) is 51.0 Å². The molecular formula is C8H12N4O2. The van der Waals surface area contributed by atoms with Gasteiger partial charge in [0.2, 0.25) is 0 Å². The van der Waals surface area contributed by atoms with Gasteiger partial charge in [-0.1, -0.05) is 0 Å². The first-order valence-electron chi connectivity index (χ1n) is 4.57. The Morgan fingerprint density at radius 2 is 2.64 bits per heavy atom. The highest BCUT2D eigenvalue weighted by molar-refractivity contribution is 5.92. The van der Waals surface area contributed by atoms with Crippen molar-refractivity contribution in [3.63, 3.8) is 0 Å². The Balaban J connectivity index is 2.00. The van der Waals surface area contributed by atoms with E-state index in [0.29, 0.717) is 18.8 Å². The number of hydrogen-bond acceptors (Lipinski definition) is 4. The minimum Gasteiger partial charge on any atom is -0.396 e. The van der Waals surface area contributed by atoms with Crippen LogP contribution in [0.25, 0.3) is 0 Å². The highest BCUT2D eigenvalue weighted by Crippen LogP contribution is 2.16. The SMILES string of the molecule is O=C(c1cn[nH]n1)N1CCC(CO)C1. The summed E-state index contributed by atoms with van der Waals surface area (Å²) in [6, 6.07) is 0. The molecule has 0 bridgehead atoms. The van der Waals surface area contributed by atoms with Crippen LogP contribution in [0.2, 0.25) is 0 Å². The summed E-state index contributed by atoms with van der Waals surface area (Å²) in [6.45, 7) is 1.45. The summed E-state index contributed by atoms with van der Waals surface area (Å²) in [4.78, 5) is 13.4. The zero-order valence-electron chi connectivity index (χ0n) is 7.68. The second kappa shape index (κ2) is 3.75. The fourth-order valence-corrected chi connectivity index (χ4v) is 1.63. The van der Waals surface area contributed by atoms with Gasteiger partial charge < -0.3 is 10.0 Å². The average molecular weight is 196 g/mol. The quantitative estimate of drug-likeness (QED) is 0.652. The number of amides is 1. The average Bonchev–Trinajstić information content (AvgIpc) is 2.88. The number of nitrogens with zero attached hydrogens (tertiary/aromatic N) is 3. The second-order valence-corrected chi connectivity index (χ2v) is 3.44. The number of rotatable bonds is 2. The molecule has 6 heteroatoms. The van der Waals surface area contributed by atoms with Gasteiger partial charge in [-0.25, -0.2) is 0 Å². The number of aromatic amines is 1. The van der Waals surface area contributed by atoms with Gasteiger partial charge in [-0.05, 0) is 6.42 Å². The van der Waals surface area contributed by atoms with Gasteiger partial charge >= 0.3 is 0 Å². The highest BCUT2D eigenvalue weighted by atomic mass is 16.3. The molecule has 14 heavy (non-hydrogen) atoms. The number of aromatic nitrogens is 3. The lowest BCUT2D eigenvalue weighted by Gasteiger charge is -2.13. The van der Waals surface area contributed by atoms with Gasteiger partial charge in [0.05, 0.1) is 6.20 Å². The topological polar surface area (TPSA) is 82.1 Å². The molecule has 0 radical (unpaired) electrons. The smallest absolute Gasteiger partial charge is 0.276 e. The Bertz CT molecular complexity index is 311. The third-order valence-electron chi connectivity index (χ3n) is 2.47. The third-order valence-corrected chi connectivity index (χ3v) is 2.47. The maximum absolute atomic E-state index is 11.7. The molecule has 1 aliphatic heterocycles. The first-order valence-corrected chi connectivity index (χ1v) is 4.57. The van der Waals surface area contributed by atoms with Crippen molar-refractivity contribution in [2.45, 2.75) is 6.42 Å². The van der Waals surface area contributed by atoms with Gasteiger partial charge in [0.15, 0.2) is 5.69 Å². The Morgan fingerprint density at radius 3 is 3.21 bits per heavy atom. The van der Waals surface area contributed by atoms with Crippen molar-refractivity contribution in [2.24, 2.45) is 5.92 Å². The lowest BCUT2D eigenvalue weighted by molar-refractivity contribution is 0.0776. The summed E-state index contributed by atoms with van der Waals surface area (Å²) in [6.07, 6.45) is 2.27. The first kappa shape index (κ1) is 9.14. The van der Waals surface area contributed by atoms with Crippen LogP contribution >= 0.6 is 0 Å². The Kier molecular flexibility index (Phi) is 2.45. The van der Waals surface area contributed by atoms with E-state index in [1.54, 1.807) is 4.90 Å². The summed E-state index contributed by atoms with van der Waals surface area (Å²) in [7, 11) is 0. The summed E-state index contributed by atoms with van der Waals surface area (Å²) >= 11 is 0. The molecule has 2 N–H and O–H groups in total. The van der Waals surface area contributed by atoms with Crippen LogP contribution in [0, 0.1) is 5.92 Å². The number of hydrogen-bond donors (Lipinski definition) is 2. The van der Waals surface area contributed by atoms with Crippen molar-refractivity contribution < 1.29 is 9.90 Å². The fraction of sp³-hybridized carbons (Fsp3) is 0.625. The molecule has 2 rings (SSSR count). The third kappa shape index (κ3) is 1.60. The van der Waals surface area contributed by atoms with Crippen molar-refractivity contribution >= 4 is 5.91 Å². The molecule has 0 aliphatic carbocycles. The highest BCUT2D eigenvalue weighted by Gasteiger charge is 2.27. The molecule has 1 atom stereocenters. The van der Waals surface area contributed by atoms with Crippen molar-refractivity contribution in [3.8, 4) is 0 Å². The number of carbonyl (C=O) groups is 1. The van der Waals surface area contributed by atoms with Crippen molar-refractivity contribution in [3.05, 3.63) is 11.9 Å². The number of H-pyrrole nitrogens is 1. The van der Waals surface area contributed by atoms with E-state index >= 15 is 0 Å². The number of aliphatic hydroxyl groups excluding tert-OH is 1. The maximum atomic E-state index is 11.7. The molecule has 1 aliphatic rings. The Labute approximate surface area is 80.9 Å². The van der Waals surface area contributed by atoms with Crippen LogP contribution in [0.1, 0.15) is 16.9 Å². The predicted molar refractivity (Wildman–Crippen MR) is 47.5 cm³/mol. The molecule has 6 nitrogen and oxygen atoms in total. The number of carbonyl (C=O) groups excluding carboxylic acids is 1. The molecule has 1 fully saturated rings. The van der Waals surface area contributed by atoms with Crippen LogP contribution in [0.5, 0.6) is 0 Å². The van der Waals surface area contributed by atoms with Gasteiger partial charge in [-0.3, -0.25) is 4.79 Å². The van der Waals surface area contributed by atoms with Gasteiger partial charge in [0, 0.05) is 25.6 Å². The van der Waals surface area contributed by atoms with Crippen LogP contribution in [0.15, 0.2) is 6.20 Å². The zero-order valence-corrected chi connectivity index (χ0v) is 7.68. The minimum absolute atomic E-state index is 0.116.